The molecule has 0 fully saturated rings. The molecular weight excluding hydrogens is 317 g/mol. The third-order valence-corrected chi connectivity index (χ3v) is 4.09. The molecule has 1 aliphatic rings. The standard InChI is InChI=1S/C13H11BrFNO3/c1-6-5-19-13-11(14)9(15)3-8-7(4-17)2-10(18)16(6)12(8)13/h2-3,6,17H,4-5H2,1H3. The van der Waals surface area contributed by atoms with Crippen molar-refractivity contribution >= 4 is 26.8 Å². The largest absolute Gasteiger partial charge is 0.488 e. The van der Waals surface area contributed by atoms with Gasteiger partial charge in [0.05, 0.1) is 22.6 Å². The first-order valence-corrected chi connectivity index (χ1v) is 6.63. The Bertz CT molecular complexity index is 741. The Morgan fingerprint density at radius 1 is 1.58 bits per heavy atom. The van der Waals surface area contributed by atoms with E-state index in [2.05, 4.69) is 15.9 Å². The van der Waals surface area contributed by atoms with Crippen LogP contribution in [0.1, 0.15) is 18.5 Å². The maximum absolute atomic E-state index is 13.9. The minimum absolute atomic E-state index is 0.132. The number of pyridine rings is 1. The first kappa shape index (κ1) is 12.6. The van der Waals surface area contributed by atoms with Crippen molar-refractivity contribution in [2.45, 2.75) is 19.6 Å². The Labute approximate surface area is 116 Å². The lowest BCUT2D eigenvalue weighted by atomic mass is 10.1. The van der Waals surface area contributed by atoms with Crippen LogP contribution < -0.4 is 10.3 Å². The van der Waals surface area contributed by atoms with Crippen LogP contribution in [-0.2, 0) is 6.61 Å². The van der Waals surface area contributed by atoms with E-state index < -0.39 is 5.82 Å². The number of benzene rings is 1. The predicted octanol–water partition coefficient (Wildman–Crippen LogP) is 2.35. The van der Waals surface area contributed by atoms with Gasteiger partial charge in [-0.2, -0.15) is 0 Å². The van der Waals surface area contributed by atoms with Gasteiger partial charge in [-0.25, -0.2) is 4.39 Å². The molecule has 6 heteroatoms. The molecule has 0 aliphatic carbocycles. The summed E-state index contributed by atoms with van der Waals surface area (Å²) in [6, 6.07) is 2.53. The fourth-order valence-corrected chi connectivity index (χ4v) is 2.88. The van der Waals surface area contributed by atoms with E-state index in [9.17, 15) is 14.3 Å². The van der Waals surface area contributed by atoms with Gasteiger partial charge in [0, 0.05) is 11.5 Å². The molecule has 0 saturated heterocycles. The average molecular weight is 328 g/mol. The van der Waals surface area contributed by atoms with Gasteiger partial charge in [-0.05, 0) is 34.5 Å². The van der Waals surface area contributed by atoms with Crippen LogP contribution in [0.2, 0.25) is 0 Å². The van der Waals surface area contributed by atoms with Crippen LogP contribution in [0.25, 0.3) is 10.9 Å². The average Bonchev–Trinajstić information content (AvgIpc) is 2.39. The van der Waals surface area contributed by atoms with Crippen molar-refractivity contribution in [2.24, 2.45) is 0 Å². The lowest BCUT2D eigenvalue weighted by Gasteiger charge is -2.27. The number of aliphatic hydroxyl groups is 1. The fraction of sp³-hybridized carbons (Fsp3) is 0.308. The second-order valence-electron chi connectivity index (χ2n) is 4.59. The Morgan fingerprint density at radius 2 is 2.32 bits per heavy atom. The number of hydrogen-bond acceptors (Lipinski definition) is 3. The summed E-state index contributed by atoms with van der Waals surface area (Å²) < 4.78 is 21.2. The first-order chi connectivity index (χ1) is 9.04. The maximum Gasteiger partial charge on any atom is 0.251 e. The smallest absolute Gasteiger partial charge is 0.251 e. The summed E-state index contributed by atoms with van der Waals surface area (Å²) >= 11 is 3.14. The molecule has 4 nitrogen and oxygen atoms in total. The molecule has 1 atom stereocenters. The van der Waals surface area contributed by atoms with Crippen LogP contribution in [-0.4, -0.2) is 16.3 Å². The van der Waals surface area contributed by atoms with Crippen molar-refractivity contribution in [2.75, 3.05) is 6.61 Å². The van der Waals surface area contributed by atoms with Gasteiger partial charge in [-0.1, -0.05) is 0 Å². The monoisotopic (exact) mass is 327 g/mol. The highest BCUT2D eigenvalue weighted by atomic mass is 79.9. The highest BCUT2D eigenvalue weighted by Gasteiger charge is 2.25. The zero-order valence-corrected chi connectivity index (χ0v) is 11.7. The molecule has 0 saturated carbocycles. The topological polar surface area (TPSA) is 51.5 Å². The minimum atomic E-state index is -0.475. The number of hydrogen-bond donors (Lipinski definition) is 1. The van der Waals surface area contributed by atoms with Crippen molar-refractivity contribution in [3.05, 3.63) is 38.3 Å². The second kappa shape index (κ2) is 4.31. The summed E-state index contributed by atoms with van der Waals surface area (Å²) in [5.41, 5.74) is 0.720. The summed E-state index contributed by atoms with van der Waals surface area (Å²) in [7, 11) is 0. The summed E-state index contributed by atoms with van der Waals surface area (Å²) in [6.45, 7) is 1.85. The van der Waals surface area contributed by atoms with E-state index in [0.717, 1.165) is 0 Å². The molecule has 100 valence electrons. The number of aliphatic hydroxyl groups excluding tert-OH is 1. The highest BCUT2D eigenvalue weighted by Crippen LogP contribution is 2.40. The first-order valence-electron chi connectivity index (χ1n) is 5.84. The third kappa shape index (κ3) is 1.70. The van der Waals surface area contributed by atoms with Gasteiger partial charge in [0.15, 0.2) is 5.75 Å². The molecule has 1 unspecified atom stereocenters. The second-order valence-corrected chi connectivity index (χ2v) is 5.39. The van der Waals surface area contributed by atoms with Crippen molar-refractivity contribution in [1.82, 2.24) is 4.57 Å². The Balaban J connectivity index is 2.58. The zero-order valence-electron chi connectivity index (χ0n) is 10.1. The molecule has 1 aromatic carbocycles. The number of rotatable bonds is 1. The molecule has 3 rings (SSSR count). The van der Waals surface area contributed by atoms with Crippen LogP contribution in [0.15, 0.2) is 21.4 Å². The summed E-state index contributed by atoms with van der Waals surface area (Å²) in [6.07, 6.45) is 0. The molecule has 0 spiro atoms. The van der Waals surface area contributed by atoms with E-state index in [-0.39, 0.29) is 22.7 Å². The molecule has 0 radical (unpaired) electrons. The van der Waals surface area contributed by atoms with Gasteiger partial charge in [0.2, 0.25) is 0 Å². The molecular formula is C13H11BrFNO3. The Kier molecular flexibility index (Phi) is 2.87. The van der Waals surface area contributed by atoms with Gasteiger partial charge in [-0.15, -0.1) is 0 Å². The van der Waals surface area contributed by atoms with Crippen LogP contribution in [0.3, 0.4) is 0 Å². The molecule has 19 heavy (non-hydrogen) atoms. The van der Waals surface area contributed by atoms with Crippen molar-refractivity contribution in [3.63, 3.8) is 0 Å². The van der Waals surface area contributed by atoms with Crippen LogP contribution in [0, 0.1) is 5.82 Å². The lowest BCUT2D eigenvalue weighted by molar-refractivity contribution is 0.241. The minimum Gasteiger partial charge on any atom is -0.488 e. The predicted molar refractivity (Wildman–Crippen MR) is 72.0 cm³/mol. The lowest BCUT2D eigenvalue weighted by Crippen LogP contribution is -2.31. The molecule has 2 aromatic rings. The fourth-order valence-electron chi connectivity index (χ4n) is 2.46. The van der Waals surface area contributed by atoms with E-state index in [1.807, 2.05) is 6.92 Å². The quantitative estimate of drug-likeness (QED) is 0.874. The van der Waals surface area contributed by atoms with E-state index in [1.54, 1.807) is 4.57 Å². The number of aromatic nitrogens is 1. The molecule has 1 N–H and O–H groups in total. The SMILES string of the molecule is CC1COc2c(Br)c(F)cc3c(CO)cc(=O)n1c23. The Hall–Kier alpha value is -1.40. The number of halogens is 2. The Morgan fingerprint density at radius 3 is 3.00 bits per heavy atom. The van der Waals surface area contributed by atoms with Crippen LogP contribution in [0.5, 0.6) is 5.75 Å². The highest BCUT2D eigenvalue weighted by molar-refractivity contribution is 9.10. The van der Waals surface area contributed by atoms with Crippen LogP contribution in [0.4, 0.5) is 4.39 Å². The van der Waals surface area contributed by atoms with E-state index in [1.165, 1.54) is 12.1 Å². The molecule has 0 amide bonds. The molecule has 1 aromatic heterocycles. The van der Waals surface area contributed by atoms with Crippen molar-refractivity contribution in [3.8, 4) is 5.75 Å². The normalized spacial score (nSPS) is 17.6. The maximum atomic E-state index is 13.9. The summed E-state index contributed by atoms with van der Waals surface area (Å²) in [5, 5.41) is 9.84. The van der Waals surface area contributed by atoms with Crippen molar-refractivity contribution < 1.29 is 14.2 Å². The van der Waals surface area contributed by atoms with Crippen molar-refractivity contribution in [1.29, 1.82) is 0 Å². The summed E-state index contributed by atoms with van der Waals surface area (Å²) in [5.74, 6) is -0.155. The molecule has 1 aliphatic heterocycles. The van der Waals surface area contributed by atoms with Gasteiger partial charge in [-0.3, -0.25) is 9.36 Å². The van der Waals surface area contributed by atoms with Crippen LogP contribution >= 0.6 is 15.9 Å². The van der Waals surface area contributed by atoms with E-state index >= 15 is 0 Å². The number of ether oxygens (including phenoxy) is 1. The third-order valence-electron chi connectivity index (χ3n) is 3.35. The van der Waals surface area contributed by atoms with Gasteiger partial charge in [0.25, 0.3) is 5.56 Å². The van der Waals surface area contributed by atoms with Gasteiger partial charge in [0.1, 0.15) is 12.4 Å². The zero-order chi connectivity index (χ0) is 13.7. The molecule has 0 bridgehead atoms. The summed E-state index contributed by atoms with van der Waals surface area (Å²) in [4.78, 5) is 12.1. The van der Waals surface area contributed by atoms with E-state index in [4.69, 9.17) is 4.74 Å². The van der Waals surface area contributed by atoms with Gasteiger partial charge < -0.3 is 9.84 Å². The number of nitrogens with zero attached hydrogens (tertiary/aromatic N) is 1. The van der Waals surface area contributed by atoms with Gasteiger partial charge >= 0.3 is 0 Å². The van der Waals surface area contributed by atoms with E-state index in [0.29, 0.717) is 28.8 Å². The molecule has 2 heterocycles.